The monoisotopic (exact) mass is 554 g/mol. The van der Waals surface area contributed by atoms with Gasteiger partial charge in [0.15, 0.2) is 5.78 Å². The Morgan fingerprint density at radius 1 is 0.846 bits per heavy atom. The molecule has 2 aromatic rings. The van der Waals surface area contributed by atoms with Gasteiger partial charge in [0.2, 0.25) is 5.91 Å². The molecule has 0 aromatic heterocycles. The molecule has 0 N–H and O–H groups in total. The largest absolute Gasteiger partial charge is 0.457 e. The number of nitrogens with zero attached hydrogens (tertiary/aromatic N) is 2. The van der Waals surface area contributed by atoms with Gasteiger partial charge in [-0.05, 0) is 95.0 Å². The molecule has 4 rings (SSSR count). The van der Waals surface area contributed by atoms with Crippen LogP contribution >= 0.6 is 11.6 Å². The number of rotatable bonds is 7. The first-order valence-electron chi connectivity index (χ1n) is 13.9. The van der Waals surface area contributed by atoms with Crippen LogP contribution in [0.15, 0.2) is 48.5 Å². The minimum absolute atomic E-state index is 0.0145. The summed E-state index contributed by atoms with van der Waals surface area (Å²) in [7, 11) is 0. The van der Waals surface area contributed by atoms with E-state index in [1.165, 1.54) is 0 Å². The highest BCUT2D eigenvalue weighted by Gasteiger charge is 2.33. The molecule has 2 amide bonds. The van der Waals surface area contributed by atoms with Crippen molar-refractivity contribution in [3.8, 4) is 11.5 Å². The lowest BCUT2D eigenvalue weighted by atomic mass is 9.87. The normalized spacial score (nSPS) is 17.0. The molecular weight excluding hydrogens is 516 g/mol. The Morgan fingerprint density at radius 3 is 1.97 bits per heavy atom. The molecule has 7 nitrogen and oxygen atoms in total. The van der Waals surface area contributed by atoms with Crippen molar-refractivity contribution >= 4 is 35.1 Å². The molecule has 0 unspecified atom stereocenters. The van der Waals surface area contributed by atoms with Crippen LogP contribution in [-0.2, 0) is 14.3 Å². The molecule has 1 aliphatic heterocycles. The van der Waals surface area contributed by atoms with E-state index in [-0.39, 0.29) is 36.2 Å². The van der Waals surface area contributed by atoms with Crippen LogP contribution in [0, 0.1) is 11.8 Å². The lowest BCUT2D eigenvalue weighted by Gasteiger charge is -2.34. The van der Waals surface area contributed by atoms with Crippen LogP contribution in [0.25, 0.3) is 0 Å². The third-order valence-electron chi connectivity index (χ3n) is 7.33. The van der Waals surface area contributed by atoms with Gasteiger partial charge in [0.1, 0.15) is 17.1 Å². The standard InChI is InChI=1S/C31H39ClN2O5/c1-31(2,3)39-30(37)33-19-17-22(18-20-33)28(35)21-34(29(36)23-7-5-4-6-8-23)25-11-15-27(16-12-25)38-26-13-9-24(32)10-14-26/h9-16,22-23H,4-8,17-21H2,1-3H3. The fraction of sp³-hybridized carbons (Fsp3) is 0.516. The summed E-state index contributed by atoms with van der Waals surface area (Å²) in [6.45, 7) is 6.50. The molecule has 1 heterocycles. The van der Waals surface area contributed by atoms with Gasteiger partial charge in [0.25, 0.3) is 0 Å². The second-order valence-corrected chi connectivity index (χ2v) is 12.0. The third kappa shape index (κ3) is 8.21. The van der Waals surface area contributed by atoms with Crippen LogP contribution in [0.3, 0.4) is 0 Å². The molecule has 1 saturated carbocycles. The topological polar surface area (TPSA) is 76.2 Å². The first-order valence-corrected chi connectivity index (χ1v) is 14.3. The molecule has 0 atom stereocenters. The molecular formula is C31H39ClN2O5. The highest BCUT2D eigenvalue weighted by atomic mass is 35.5. The van der Waals surface area contributed by atoms with Crippen LogP contribution in [0.5, 0.6) is 11.5 Å². The van der Waals surface area contributed by atoms with Crippen molar-refractivity contribution in [3.05, 3.63) is 53.6 Å². The van der Waals surface area contributed by atoms with E-state index in [0.29, 0.717) is 48.1 Å². The number of hydrogen-bond donors (Lipinski definition) is 0. The van der Waals surface area contributed by atoms with Crippen LogP contribution in [-0.4, -0.2) is 47.9 Å². The zero-order chi connectivity index (χ0) is 28.0. The number of piperidine rings is 1. The number of Topliss-reactive ketones (excluding diaryl/α,β-unsaturated/α-hetero) is 1. The average molecular weight is 555 g/mol. The minimum Gasteiger partial charge on any atom is -0.457 e. The maximum atomic E-state index is 13.7. The fourth-order valence-electron chi connectivity index (χ4n) is 5.19. The van der Waals surface area contributed by atoms with Crippen molar-refractivity contribution in [1.82, 2.24) is 4.90 Å². The number of carbonyl (C=O) groups excluding carboxylic acids is 3. The number of benzene rings is 2. The summed E-state index contributed by atoms with van der Waals surface area (Å²) in [5.41, 5.74) is 0.132. The van der Waals surface area contributed by atoms with Gasteiger partial charge >= 0.3 is 6.09 Å². The van der Waals surface area contributed by atoms with Crippen molar-refractivity contribution in [2.45, 2.75) is 71.3 Å². The van der Waals surface area contributed by atoms with Gasteiger partial charge in [-0.1, -0.05) is 30.9 Å². The van der Waals surface area contributed by atoms with Crippen LogP contribution in [0.1, 0.15) is 65.7 Å². The first-order chi connectivity index (χ1) is 18.6. The third-order valence-corrected chi connectivity index (χ3v) is 7.59. The molecule has 210 valence electrons. The molecule has 0 spiro atoms. The Morgan fingerprint density at radius 2 is 1.41 bits per heavy atom. The van der Waals surface area contributed by atoms with E-state index in [2.05, 4.69) is 0 Å². The molecule has 2 aromatic carbocycles. The molecule has 0 radical (unpaired) electrons. The maximum absolute atomic E-state index is 13.7. The highest BCUT2D eigenvalue weighted by Crippen LogP contribution is 2.31. The van der Waals surface area contributed by atoms with Crippen molar-refractivity contribution in [2.24, 2.45) is 11.8 Å². The van der Waals surface area contributed by atoms with E-state index >= 15 is 0 Å². The Labute approximate surface area is 236 Å². The summed E-state index contributed by atoms with van der Waals surface area (Å²) in [5, 5.41) is 0.634. The van der Waals surface area contributed by atoms with Gasteiger partial charge in [0, 0.05) is 35.6 Å². The van der Waals surface area contributed by atoms with E-state index in [1.54, 1.807) is 34.1 Å². The quantitative estimate of drug-likeness (QED) is 0.360. The van der Waals surface area contributed by atoms with E-state index in [4.69, 9.17) is 21.1 Å². The SMILES string of the molecule is CC(C)(C)OC(=O)N1CCC(C(=O)CN(C(=O)C2CCCCC2)c2ccc(Oc3ccc(Cl)cc3)cc2)CC1. The second-order valence-electron chi connectivity index (χ2n) is 11.5. The lowest BCUT2D eigenvalue weighted by molar-refractivity contribution is -0.127. The summed E-state index contributed by atoms with van der Waals surface area (Å²) in [4.78, 5) is 42.9. The number of ether oxygens (including phenoxy) is 2. The van der Waals surface area contributed by atoms with Gasteiger partial charge in [-0.15, -0.1) is 0 Å². The van der Waals surface area contributed by atoms with Crippen LogP contribution in [0.4, 0.5) is 10.5 Å². The van der Waals surface area contributed by atoms with E-state index in [9.17, 15) is 14.4 Å². The Balaban J connectivity index is 1.43. The zero-order valence-electron chi connectivity index (χ0n) is 23.2. The van der Waals surface area contributed by atoms with E-state index in [1.807, 2.05) is 45.0 Å². The van der Waals surface area contributed by atoms with Crippen molar-refractivity contribution < 1.29 is 23.9 Å². The average Bonchev–Trinajstić information content (AvgIpc) is 2.92. The lowest BCUT2D eigenvalue weighted by Crippen LogP contribution is -2.46. The number of carbonyl (C=O) groups is 3. The maximum Gasteiger partial charge on any atom is 0.410 e. The molecule has 8 heteroatoms. The number of likely N-dealkylation sites (tertiary alicyclic amines) is 1. The van der Waals surface area contributed by atoms with Crippen molar-refractivity contribution in [1.29, 1.82) is 0 Å². The molecule has 1 saturated heterocycles. The molecule has 39 heavy (non-hydrogen) atoms. The summed E-state index contributed by atoms with van der Waals surface area (Å²) < 4.78 is 11.4. The first kappa shape index (κ1) is 28.9. The van der Waals surface area contributed by atoms with Crippen molar-refractivity contribution in [2.75, 3.05) is 24.5 Å². The van der Waals surface area contributed by atoms with Gasteiger partial charge < -0.3 is 19.3 Å². The molecule has 0 bridgehead atoms. The molecule has 2 aliphatic rings. The smallest absolute Gasteiger partial charge is 0.410 e. The summed E-state index contributed by atoms with van der Waals surface area (Å²) >= 11 is 5.96. The molecule has 2 fully saturated rings. The zero-order valence-corrected chi connectivity index (χ0v) is 23.9. The number of hydrogen-bond acceptors (Lipinski definition) is 5. The van der Waals surface area contributed by atoms with Gasteiger partial charge in [-0.25, -0.2) is 4.79 Å². The number of anilines is 1. The van der Waals surface area contributed by atoms with Gasteiger partial charge in [-0.3, -0.25) is 9.59 Å². The Hall–Kier alpha value is -3.06. The summed E-state index contributed by atoms with van der Waals surface area (Å²) in [6.07, 6.45) is 5.73. The predicted octanol–water partition coefficient (Wildman–Crippen LogP) is 7.26. The van der Waals surface area contributed by atoms with Gasteiger partial charge in [0.05, 0.1) is 6.54 Å². The van der Waals surface area contributed by atoms with Crippen LogP contribution in [0.2, 0.25) is 5.02 Å². The highest BCUT2D eigenvalue weighted by molar-refractivity contribution is 6.30. The number of amides is 2. The molecule has 1 aliphatic carbocycles. The minimum atomic E-state index is -0.556. The van der Waals surface area contributed by atoms with Crippen molar-refractivity contribution in [3.63, 3.8) is 0 Å². The van der Waals surface area contributed by atoms with E-state index < -0.39 is 5.60 Å². The summed E-state index contributed by atoms with van der Waals surface area (Å²) in [5.74, 6) is 1.08. The Kier molecular flexibility index (Phi) is 9.54. The predicted molar refractivity (Wildman–Crippen MR) is 152 cm³/mol. The summed E-state index contributed by atoms with van der Waals surface area (Å²) in [6, 6.07) is 14.4. The van der Waals surface area contributed by atoms with Crippen LogP contribution < -0.4 is 9.64 Å². The fourth-order valence-corrected chi connectivity index (χ4v) is 5.32. The second kappa shape index (κ2) is 12.9. The number of halogens is 1. The van der Waals surface area contributed by atoms with E-state index in [0.717, 1.165) is 32.1 Å². The Bertz CT molecular complexity index is 1130. The van der Waals surface area contributed by atoms with Gasteiger partial charge in [-0.2, -0.15) is 0 Å². The number of ketones is 1.